The SMILES string of the molecule is Cc1cc(SCc2cc(C(=O)O)sc2C)ccc1N. The van der Waals surface area contributed by atoms with E-state index in [2.05, 4.69) is 6.07 Å². The fraction of sp³-hybridized carbons (Fsp3) is 0.214. The Bertz CT molecular complexity index is 620. The van der Waals surface area contributed by atoms with Crippen LogP contribution in [0.4, 0.5) is 5.69 Å². The Hall–Kier alpha value is -1.46. The van der Waals surface area contributed by atoms with Crippen molar-refractivity contribution >= 4 is 34.8 Å². The van der Waals surface area contributed by atoms with Gasteiger partial charge in [0.2, 0.25) is 0 Å². The highest BCUT2D eigenvalue weighted by Crippen LogP contribution is 2.30. The van der Waals surface area contributed by atoms with Gasteiger partial charge in [0, 0.05) is 21.2 Å². The van der Waals surface area contributed by atoms with Crippen molar-refractivity contribution in [2.75, 3.05) is 5.73 Å². The first-order valence-electron chi connectivity index (χ1n) is 5.79. The maximum atomic E-state index is 10.9. The summed E-state index contributed by atoms with van der Waals surface area (Å²) in [6.07, 6.45) is 0. The lowest BCUT2D eigenvalue weighted by atomic mass is 10.2. The minimum Gasteiger partial charge on any atom is -0.477 e. The van der Waals surface area contributed by atoms with E-state index in [4.69, 9.17) is 10.8 Å². The molecule has 2 aromatic rings. The Morgan fingerprint density at radius 1 is 1.37 bits per heavy atom. The summed E-state index contributed by atoms with van der Waals surface area (Å²) in [5.74, 6) is -0.0772. The third kappa shape index (κ3) is 3.30. The van der Waals surface area contributed by atoms with Gasteiger partial charge in [0.25, 0.3) is 0 Å². The fourth-order valence-electron chi connectivity index (χ4n) is 1.67. The summed E-state index contributed by atoms with van der Waals surface area (Å²) in [4.78, 5) is 13.5. The van der Waals surface area contributed by atoms with Gasteiger partial charge >= 0.3 is 5.97 Å². The molecule has 0 radical (unpaired) electrons. The van der Waals surface area contributed by atoms with Crippen molar-refractivity contribution in [1.29, 1.82) is 0 Å². The van der Waals surface area contributed by atoms with Gasteiger partial charge in [-0.3, -0.25) is 0 Å². The zero-order valence-corrected chi connectivity index (χ0v) is 12.4. The maximum Gasteiger partial charge on any atom is 0.345 e. The summed E-state index contributed by atoms with van der Waals surface area (Å²) in [6.45, 7) is 3.94. The van der Waals surface area contributed by atoms with Crippen LogP contribution >= 0.6 is 23.1 Å². The quantitative estimate of drug-likeness (QED) is 0.662. The lowest BCUT2D eigenvalue weighted by molar-refractivity contribution is 0.0702. The summed E-state index contributed by atoms with van der Waals surface area (Å²) in [6, 6.07) is 7.72. The van der Waals surface area contributed by atoms with Crippen molar-refractivity contribution in [2.24, 2.45) is 0 Å². The summed E-state index contributed by atoms with van der Waals surface area (Å²) in [5, 5.41) is 8.96. The van der Waals surface area contributed by atoms with Crippen molar-refractivity contribution in [3.05, 3.63) is 45.1 Å². The van der Waals surface area contributed by atoms with Gasteiger partial charge in [0.05, 0.1) is 0 Å². The molecule has 0 amide bonds. The fourth-order valence-corrected chi connectivity index (χ4v) is 3.69. The number of hydrogen-bond acceptors (Lipinski definition) is 4. The lowest BCUT2D eigenvalue weighted by Crippen LogP contribution is -1.90. The van der Waals surface area contributed by atoms with Crippen LogP contribution in [0.15, 0.2) is 29.2 Å². The van der Waals surface area contributed by atoms with Gasteiger partial charge in [-0.25, -0.2) is 4.79 Å². The molecule has 3 N–H and O–H groups in total. The zero-order valence-electron chi connectivity index (χ0n) is 10.8. The average molecular weight is 293 g/mol. The molecule has 0 aliphatic rings. The van der Waals surface area contributed by atoms with E-state index in [0.29, 0.717) is 4.88 Å². The molecular weight excluding hydrogens is 278 g/mol. The highest BCUT2D eigenvalue weighted by atomic mass is 32.2. The minimum absolute atomic E-state index is 0.404. The van der Waals surface area contributed by atoms with Crippen LogP contribution in [0.3, 0.4) is 0 Å². The van der Waals surface area contributed by atoms with Gasteiger partial charge in [0.1, 0.15) is 4.88 Å². The highest BCUT2D eigenvalue weighted by molar-refractivity contribution is 7.98. The van der Waals surface area contributed by atoms with Crippen molar-refractivity contribution in [1.82, 2.24) is 0 Å². The van der Waals surface area contributed by atoms with Crippen LogP contribution in [-0.2, 0) is 5.75 Å². The molecule has 100 valence electrons. The van der Waals surface area contributed by atoms with E-state index in [1.54, 1.807) is 17.8 Å². The molecule has 0 bridgehead atoms. The van der Waals surface area contributed by atoms with Crippen LogP contribution in [0, 0.1) is 13.8 Å². The molecule has 0 aliphatic carbocycles. The third-order valence-corrected chi connectivity index (χ3v) is 4.99. The first-order chi connectivity index (χ1) is 8.97. The van der Waals surface area contributed by atoms with Crippen molar-refractivity contribution in [2.45, 2.75) is 24.5 Å². The standard InChI is InChI=1S/C14H15NO2S2/c1-8-5-11(3-4-12(8)15)18-7-10-6-13(14(16)17)19-9(10)2/h3-6H,7,15H2,1-2H3,(H,16,17). The number of rotatable bonds is 4. The van der Waals surface area contributed by atoms with E-state index in [-0.39, 0.29) is 0 Å². The number of carbonyl (C=O) groups is 1. The number of nitrogen functional groups attached to an aromatic ring is 1. The Morgan fingerprint density at radius 2 is 2.11 bits per heavy atom. The number of aromatic carboxylic acids is 1. The van der Waals surface area contributed by atoms with E-state index < -0.39 is 5.97 Å². The van der Waals surface area contributed by atoms with Crippen LogP contribution in [0.25, 0.3) is 0 Å². The number of thiophene rings is 1. The molecule has 5 heteroatoms. The zero-order chi connectivity index (χ0) is 14.0. The molecule has 0 aliphatic heterocycles. The van der Waals surface area contributed by atoms with E-state index in [1.807, 2.05) is 26.0 Å². The molecule has 0 saturated heterocycles. The van der Waals surface area contributed by atoms with E-state index >= 15 is 0 Å². The van der Waals surface area contributed by atoms with Crippen LogP contribution in [0.5, 0.6) is 0 Å². The van der Waals surface area contributed by atoms with Crippen LogP contribution in [0.2, 0.25) is 0 Å². The molecule has 0 saturated carbocycles. The first kappa shape index (κ1) is 14.0. The smallest absolute Gasteiger partial charge is 0.345 e. The Kier molecular flexibility index (Phi) is 4.17. The molecule has 1 aromatic heterocycles. The second-order valence-electron chi connectivity index (χ2n) is 4.30. The van der Waals surface area contributed by atoms with Crippen molar-refractivity contribution in [3.63, 3.8) is 0 Å². The van der Waals surface area contributed by atoms with Gasteiger partial charge in [-0.2, -0.15) is 0 Å². The first-order valence-corrected chi connectivity index (χ1v) is 7.59. The minimum atomic E-state index is -0.854. The number of benzene rings is 1. The van der Waals surface area contributed by atoms with E-state index in [9.17, 15) is 4.79 Å². The predicted octanol–water partition coefficient (Wildman–Crippen LogP) is 3.94. The number of hydrogen-bond donors (Lipinski definition) is 2. The molecular formula is C14H15NO2S2. The molecule has 0 unspecified atom stereocenters. The molecule has 2 rings (SSSR count). The summed E-state index contributed by atoms with van der Waals surface area (Å²) in [7, 11) is 0. The van der Waals surface area contributed by atoms with Crippen molar-refractivity contribution in [3.8, 4) is 0 Å². The second kappa shape index (κ2) is 5.67. The topological polar surface area (TPSA) is 63.3 Å². The van der Waals surface area contributed by atoms with Crippen LogP contribution < -0.4 is 5.73 Å². The van der Waals surface area contributed by atoms with Gasteiger partial charge in [-0.1, -0.05) is 0 Å². The van der Waals surface area contributed by atoms with Gasteiger partial charge in [-0.15, -0.1) is 23.1 Å². The Balaban J connectivity index is 2.09. The maximum absolute atomic E-state index is 10.9. The summed E-state index contributed by atoms with van der Waals surface area (Å²) >= 11 is 3.02. The number of thioether (sulfide) groups is 1. The van der Waals surface area contributed by atoms with Gasteiger partial charge in [0.15, 0.2) is 0 Å². The number of anilines is 1. The molecule has 0 fully saturated rings. The molecule has 0 atom stereocenters. The van der Waals surface area contributed by atoms with Gasteiger partial charge in [-0.05, 0) is 49.2 Å². The third-order valence-electron chi connectivity index (χ3n) is 2.87. The Labute approximate surface area is 120 Å². The highest BCUT2D eigenvalue weighted by Gasteiger charge is 2.11. The largest absolute Gasteiger partial charge is 0.477 e. The molecule has 19 heavy (non-hydrogen) atoms. The second-order valence-corrected chi connectivity index (χ2v) is 6.61. The van der Waals surface area contributed by atoms with Crippen LogP contribution in [0.1, 0.15) is 25.7 Å². The van der Waals surface area contributed by atoms with E-state index in [1.165, 1.54) is 11.3 Å². The normalized spacial score (nSPS) is 10.6. The Morgan fingerprint density at radius 3 is 2.68 bits per heavy atom. The predicted molar refractivity (Wildman–Crippen MR) is 81.2 cm³/mol. The number of carboxylic acid groups (broad SMARTS) is 1. The van der Waals surface area contributed by atoms with E-state index in [0.717, 1.165) is 32.3 Å². The number of carboxylic acids is 1. The molecule has 3 nitrogen and oxygen atoms in total. The summed E-state index contributed by atoms with van der Waals surface area (Å²) in [5.41, 5.74) is 8.73. The molecule has 1 aromatic carbocycles. The average Bonchev–Trinajstić information content (AvgIpc) is 2.73. The number of nitrogens with two attached hydrogens (primary N) is 1. The number of aryl methyl sites for hydroxylation is 2. The molecule has 1 heterocycles. The van der Waals surface area contributed by atoms with Crippen molar-refractivity contribution < 1.29 is 9.90 Å². The molecule has 0 spiro atoms. The monoisotopic (exact) mass is 293 g/mol. The van der Waals surface area contributed by atoms with Crippen LogP contribution in [-0.4, -0.2) is 11.1 Å². The summed E-state index contributed by atoms with van der Waals surface area (Å²) < 4.78 is 0. The van der Waals surface area contributed by atoms with Gasteiger partial charge < -0.3 is 10.8 Å². The lowest BCUT2D eigenvalue weighted by Gasteiger charge is -2.04.